The third kappa shape index (κ3) is 6.97. The highest BCUT2D eigenvalue weighted by molar-refractivity contribution is 6.11. The maximum Gasteiger partial charge on any atom is 0.0542 e. The van der Waals surface area contributed by atoms with Crippen LogP contribution in [0.2, 0.25) is 0 Å². The molecule has 0 saturated carbocycles. The summed E-state index contributed by atoms with van der Waals surface area (Å²) in [5.74, 6) is 0. The summed E-state index contributed by atoms with van der Waals surface area (Å²) >= 11 is 0. The molecule has 0 aliphatic carbocycles. The molecule has 306 valence electrons. The molecule has 65 heavy (non-hydrogen) atoms. The minimum atomic E-state index is 1.06. The molecule has 0 radical (unpaired) electrons. The van der Waals surface area contributed by atoms with E-state index in [4.69, 9.17) is 0 Å². The van der Waals surface area contributed by atoms with Gasteiger partial charge < -0.3 is 14.4 Å². The van der Waals surface area contributed by atoms with Gasteiger partial charge in [0.2, 0.25) is 0 Å². The van der Waals surface area contributed by atoms with Crippen molar-refractivity contribution in [3.8, 4) is 27.9 Å². The van der Waals surface area contributed by atoms with Gasteiger partial charge in [0.05, 0.1) is 11.0 Å². The summed E-state index contributed by atoms with van der Waals surface area (Å²) in [7, 11) is 0. The molecule has 0 atom stereocenters. The fourth-order valence-electron chi connectivity index (χ4n) is 9.65. The van der Waals surface area contributed by atoms with Crippen molar-refractivity contribution in [3.05, 3.63) is 261 Å². The van der Waals surface area contributed by atoms with Crippen molar-refractivity contribution in [2.45, 2.75) is 0 Å². The van der Waals surface area contributed by atoms with Crippen molar-refractivity contribution >= 4 is 77.5 Å². The van der Waals surface area contributed by atoms with E-state index < -0.39 is 0 Å². The standard InChI is InChI=1S/C62H43N3/c1-4-20-50(21-5-1)63(53-35-33-45(34-36-53)59-41-49(40-48-19-12-13-28-57(48)59)47-32-31-44-17-10-11-18-46(44)39-47)54-26-16-27-55(42-54)64(51-22-6-2-7-23-51)56-37-38-62-60(43-56)58-29-14-15-30-61(58)65(62)52-24-8-3-9-25-52/h1-43H. The molecule has 0 unspecified atom stereocenters. The molecule has 11 aromatic carbocycles. The normalized spacial score (nSPS) is 11.4. The molecule has 0 fully saturated rings. The van der Waals surface area contributed by atoms with Crippen molar-refractivity contribution in [2.24, 2.45) is 0 Å². The van der Waals surface area contributed by atoms with Crippen LogP contribution in [0.4, 0.5) is 34.1 Å². The molecule has 0 N–H and O–H groups in total. The number of rotatable bonds is 9. The first kappa shape index (κ1) is 38.0. The monoisotopic (exact) mass is 829 g/mol. The number of aromatic nitrogens is 1. The van der Waals surface area contributed by atoms with Gasteiger partial charge in [-0.25, -0.2) is 0 Å². The predicted octanol–water partition coefficient (Wildman–Crippen LogP) is 17.4. The maximum atomic E-state index is 2.37. The molecular weight excluding hydrogens is 787 g/mol. The van der Waals surface area contributed by atoms with Gasteiger partial charge in [-0.3, -0.25) is 0 Å². The van der Waals surface area contributed by atoms with Crippen molar-refractivity contribution in [2.75, 3.05) is 9.80 Å². The topological polar surface area (TPSA) is 11.4 Å². The van der Waals surface area contributed by atoms with Crippen LogP contribution in [0.3, 0.4) is 0 Å². The number of hydrogen-bond donors (Lipinski definition) is 0. The van der Waals surface area contributed by atoms with E-state index in [1.54, 1.807) is 0 Å². The van der Waals surface area contributed by atoms with Crippen LogP contribution in [-0.2, 0) is 0 Å². The number of nitrogens with zero attached hydrogens (tertiary/aromatic N) is 3. The van der Waals surface area contributed by atoms with Gasteiger partial charge in [0.1, 0.15) is 0 Å². The first-order valence-corrected chi connectivity index (χ1v) is 22.3. The smallest absolute Gasteiger partial charge is 0.0542 e. The van der Waals surface area contributed by atoms with Gasteiger partial charge in [-0.1, -0.05) is 152 Å². The Balaban J connectivity index is 0.961. The quantitative estimate of drug-likeness (QED) is 0.144. The Bertz CT molecular complexity index is 3650. The van der Waals surface area contributed by atoms with E-state index in [2.05, 4.69) is 275 Å². The molecule has 12 aromatic rings. The molecule has 12 rings (SSSR count). The molecule has 0 aliphatic rings. The molecule has 0 spiro atoms. The summed E-state index contributed by atoms with van der Waals surface area (Å²) in [6, 6.07) is 94.4. The van der Waals surface area contributed by atoms with Gasteiger partial charge in [0.15, 0.2) is 0 Å². The van der Waals surface area contributed by atoms with Crippen LogP contribution in [0.25, 0.3) is 71.3 Å². The largest absolute Gasteiger partial charge is 0.310 e. The predicted molar refractivity (Wildman–Crippen MR) is 276 cm³/mol. The summed E-state index contributed by atoms with van der Waals surface area (Å²) in [6.45, 7) is 0. The van der Waals surface area contributed by atoms with Gasteiger partial charge in [0.25, 0.3) is 0 Å². The number of para-hydroxylation sites is 4. The van der Waals surface area contributed by atoms with Crippen LogP contribution in [0.15, 0.2) is 261 Å². The minimum absolute atomic E-state index is 1.06. The lowest BCUT2D eigenvalue weighted by molar-refractivity contribution is 1.18. The molecule has 1 heterocycles. The van der Waals surface area contributed by atoms with Crippen LogP contribution >= 0.6 is 0 Å². The van der Waals surface area contributed by atoms with Gasteiger partial charge in [-0.15, -0.1) is 0 Å². The maximum absolute atomic E-state index is 2.37. The number of anilines is 6. The highest BCUT2D eigenvalue weighted by Gasteiger charge is 2.20. The average molecular weight is 830 g/mol. The Morgan fingerprint density at radius 1 is 0.246 bits per heavy atom. The Morgan fingerprint density at radius 2 is 0.738 bits per heavy atom. The van der Waals surface area contributed by atoms with Crippen LogP contribution < -0.4 is 9.80 Å². The first-order chi connectivity index (χ1) is 32.2. The summed E-state index contributed by atoms with van der Waals surface area (Å²) in [4.78, 5) is 4.73. The van der Waals surface area contributed by atoms with Gasteiger partial charge >= 0.3 is 0 Å². The lowest BCUT2D eigenvalue weighted by Crippen LogP contribution is -2.13. The third-order valence-corrected chi connectivity index (χ3v) is 12.7. The van der Waals surface area contributed by atoms with Crippen molar-refractivity contribution in [1.29, 1.82) is 0 Å². The number of fused-ring (bicyclic) bond motifs is 5. The molecule has 1 aromatic heterocycles. The zero-order valence-electron chi connectivity index (χ0n) is 35.7. The highest BCUT2D eigenvalue weighted by Crippen LogP contribution is 2.43. The van der Waals surface area contributed by atoms with E-state index in [1.807, 2.05) is 0 Å². The Hall–Kier alpha value is -8.66. The second-order valence-electron chi connectivity index (χ2n) is 16.6. The SMILES string of the molecule is c1ccc(N(c2ccc(-c3cc(-c4ccc5ccccc5c4)cc4ccccc34)cc2)c2cccc(N(c3ccccc3)c3ccc4c(c3)c3ccccc3n4-c3ccccc3)c2)cc1. The van der Waals surface area contributed by atoms with Gasteiger partial charge in [0, 0.05) is 50.6 Å². The van der Waals surface area contributed by atoms with Crippen LogP contribution in [0, 0.1) is 0 Å². The molecular formula is C62H43N3. The summed E-state index contributed by atoms with van der Waals surface area (Å²) in [6.07, 6.45) is 0. The van der Waals surface area contributed by atoms with Crippen molar-refractivity contribution in [1.82, 2.24) is 4.57 Å². The Morgan fingerprint density at radius 3 is 1.46 bits per heavy atom. The zero-order valence-corrected chi connectivity index (χ0v) is 35.7. The lowest BCUT2D eigenvalue weighted by Gasteiger charge is -2.29. The fourth-order valence-corrected chi connectivity index (χ4v) is 9.65. The average Bonchev–Trinajstić information content (AvgIpc) is 3.71. The van der Waals surface area contributed by atoms with E-state index in [-0.39, 0.29) is 0 Å². The second-order valence-corrected chi connectivity index (χ2v) is 16.6. The molecule has 0 bridgehead atoms. The first-order valence-electron chi connectivity index (χ1n) is 22.3. The molecule has 0 saturated heterocycles. The number of hydrogen-bond acceptors (Lipinski definition) is 2. The van der Waals surface area contributed by atoms with Crippen LogP contribution in [0.5, 0.6) is 0 Å². The fraction of sp³-hybridized carbons (Fsp3) is 0. The summed E-state index contributed by atoms with van der Waals surface area (Å²) in [5.41, 5.74) is 14.8. The van der Waals surface area contributed by atoms with E-state index >= 15 is 0 Å². The summed E-state index contributed by atoms with van der Waals surface area (Å²) < 4.78 is 2.37. The Labute approximate surface area is 378 Å². The second kappa shape index (κ2) is 16.2. The molecule has 0 aliphatic heterocycles. The van der Waals surface area contributed by atoms with Crippen molar-refractivity contribution in [3.63, 3.8) is 0 Å². The van der Waals surface area contributed by atoms with Gasteiger partial charge in [-0.05, 0) is 153 Å². The highest BCUT2D eigenvalue weighted by atomic mass is 15.2. The molecule has 3 heteroatoms. The third-order valence-electron chi connectivity index (χ3n) is 12.7. The lowest BCUT2D eigenvalue weighted by atomic mass is 9.92. The molecule has 3 nitrogen and oxygen atoms in total. The molecule has 0 amide bonds. The summed E-state index contributed by atoms with van der Waals surface area (Å²) in [5, 5.41) is 7.39. The van der Waals surface area contributed by atoms with Crippen LogP contribution in [0.1, 0.15) is 0 Å². The van der Waals surface area contributed by atoms with Gasteiger partial charge in [-0.2, -0.15) is 0 Å². The van der Waals surface area contributed by atoms with E-state index in [0.29, 0.717) is 0 Å². The minimum Gasteiger partial charge on any atom is -0.310 e. The zero-order chi connectivity index (χ0) is 43.1. The van der Waals surface area contributed by atoms with Crippen molar-refractivity contribution < 1.29 is 0 Å². The van der Waals surface area contributed by atoms with E-state index in [9.17, 15) is 0 Å². The van der Waals surface area contributed by atoms with Crippen LogP contribution in [-0.4, -0.2) is 4.57 Å². The number of benzene rings is 11. The Kier molecular flexibility index (Phi) is 9.50. The van der Waals surface area contributed by atoms with E-state index in [1.165, 1.54) is 65.6 Å². The van der Waals surface area contributed by atoms with E-state index in [0.717, 1.165) is 39.8 Å².